The number of carboxylic acid groups (broad SMARTS) is 2. The third kappa shape index (κ3) is 15.8. The van der Waals surface area contributed by atoms with E-state index in [4.69, 9.17) is 17.2 Å². The quantitative estimate of drug-likeness (QED) is 0.0473. The molecule has 0 atom stereocenters. The van der Waals surface area contributed by atoms with Crippen LogP contribution in [-0.2, 0) is 53.9 Å². The van der Waals surface area contributed by atoms with Crippen molar-refractivity contribution in [3.8, 4) is 5.75 Å². The zero-order valence-electron chi connectivity index (χ0n) is 35.0. The fourth-order valence-corrected chi connectivity index (χ4v) is 7.75. The van der Waals surface area contributed by atoms with Gasteiger partial charge in [-0.05, 0) is 77.5 Å². The lowest BCUT2D eigenvalue weighted by Gasteiger charge is -2.14. The summed E-state index contributed by atoms with van der Waals surface area (Å²) in [5.74, 6) is -3.89. The Labute approximate surface area is 388 Å². The first-order chi connectivity index (χ1) is 31.7. The van der Waals surface area contributed by atoms with Crippen LogP contribution in [0.1, 0.15) is 43.2 Å². The van der Waals surface area contributed by atoms with Crippen molar-refractivity contribution in [2.24, 2.45) is 10.2 Å². The monoisotopic (exact) mass is 1020 g/mol. The number of carboxylic acids is 2. The van der Waals surface area contributed by atoms with Crippen LogP contribution in [0, 0.1) is 6.92 Å². The van der Waals surface area contributed by atoms with Gasteiger partial charge >= 0.3 is 22.5 Å². The molecule has 0 aliphatic rings. The van der Waals surface area contributed by atoms with Gasteiger partial charge in [-0.3, -0.25) is 13.7 Å². The van der Waals surface area contributed by atoms with Crippen molar-refractivity contribution in [2.45, 2.75) is 29.7 Å². The van der Waals surface area contributed by atoms with Gasteiger partial charge in [0.05, 0.1) is 21.8 Å². The maximum atomic E-state index is 11.6. The Bertz CT molecular complexity index is 3330. The van der Waals surface area contributed by atoms with Crippen LogP contribution in [0.2, 0.25) is 0 Å². The fraction of sp³-hybridized carbons (Fsp3) is 0.154. The minimum atomic E-state index is -4.57. The highest BCUT2D eigenvalue weighted by Crippen LogP contribution is 2.43. The molecule has 1 aromatic heterocycles. The average Bonchev–Trinajstić information content (AvgIpc) is 3.22. The number of phenols is 1. The topological polar surface area (TPSA) is 409 Å². The molecular weight excluding hydrogens is 981 g/mol. The van der Waals surface area contributed by atoms with Crippen LogP contribution in [-0.4, -0.2) is 113 Å². The summed E-state index contributed by atoms with van der Waals surface area (Å²) < 4.78 is 121. The Balaban J connectivity index is 0.000000291. The number of fused-ring (bicyclic) bond motifs is 1. The first kappa shape index (κ1) is 53.1. The summed E-state index contributed by atoms with van der Waals surface area (Å²) >= 11 is 0. The maximum absolute atomic E-state index is 11.6. The van der Waals surface area contributed by atoms with E-state index in [1.54, 1.807) is 18.2 Å². The molecule has 0 spiro atoms. The summed E-state index contributed by atoms with van der Waals surface area (Å²) in [6, 6.07) is 23.5. The van der Waals surface area contributed by atoms with Gasteiger partial charge in [-0.1, -0.05) is 42.5 Å². The third-order valence-electron chi connectivity index (χ3n) is 8.76. The molecule has 0 aliphatic carbocycles. The Morgan fingerprint density at radius 2 is 1.31 bits per heavy atom. The summed E-state index contributed by atoms with van der Waals surface area (Å²) in [5.41, 5.74) is 1.60. The summed E-state index contributed by atoms with van der Waals surface area (Å²) in [4.78, 5) is 34.5. The van der Waals surface area contributed by atoms with Crippen molar-refractivity contribution in [3.63, 3.8) is 0 Å². The van der Waals surface area contributed by atoms with Gasteiger partial charge in [0.2, 0.25) is 11.9 Å². The molecule has 360 valence electrons. The van der Waals surface area contributed by atoms with Crippen LogP contribution in [0.4, 0.5) is 29.0 Å². The van der Waals surface area contributed by atoms with Crippen molar-refractivity contribution in [1.29, 1.82) is 0 Å². The molecule has 6 rings (SSSR count). The molecule has 9 N–H and O–H groups in total. The molecule has 0 radical (unpaired) electrons. The molecule has 0 unspecified atom stereocenters. The van der Waals surface area contributed by atoms with Crippen molar-refractivity contribution in [3.05, 3.63) is 125 Å². The Morgan fingerprint density at radius 1 is 0.706 bits per heavy atom. The number of nitrogens with zero attached hydrogens (tertiary/aromatic N) is 5. The van der Waals surface area contributed by atoms with E-state index in [2.05, 4.69) is 41.1 Å². The SMILES string of the molecule is CN=Nc1c(S(=O)(=O)O)cc2cccc(NCc3ccccc3)c2c1O.Cc1cc(Nc2nc(Cc3cc(C(=O)O)cc(C(=O)O)c3)nc(NCCS(=O)(=O)O)n2)ccc1S(=O)(=O)O.O=S(=O)=O. The number of aromatic carboxylic acids is 2. The van der Waals surface area contributed by atoms with Crippen LogP contribution in [0.25, 0.3) is 10.8 Å². The minimum absolute atomic E-state index is 0.0296. The first-order valence-corrected chi connectivity index (χ1v) is 24.2. The van der Waals surface area contributed by atoms with E-state index in [0.717, 1.165) is 17.7 Å². The summed E-state index contributed by atoms with van der Waals surface area (Å²) in [6.45, 7) is 1.69. The molecule has 6 aromatic rings. The lowest BCUT2D eigenvalue weighted by molar-refractivity contribution is 0.0696. The Kier molecular flexibility index (Phi) is 17.8. The second-order valence-corrected chi connectivity index (χ2v) is 18.5. The van der Waals surface area contributed by atoms with E-state index in [0.29, 0.717) is 28.7 Å². The molecule has 0 saturated carbocycles. The van der Waals surface area contributed by atoms with Crippen LogP contribution < -0.4 is 16.0 Å². The predicted octanol–water partition coefficient (Wildman–Crippen LogP) is 4.57. The second-order valence-electron chi connectivity index (χ2n) is 13.7. The second kappa shape index (κ2) is 22.8. The van der Waals surface area contributed by atoms with Crippen LogP contribution in [0.5, 0.6) is 5.75 Å². The number of hydrogen-bond acceptors (Lipinski definition) is 20. The smallest absolute Gasteiger partial charge is 0.425 e. The summed E-state index contributed by atoms with van der Waals surface area (Å²) in [6.07, 6.45) is -0.147. The largest absolute Gasteiger partial charge is 0.505 e. The van der Waals surface area contributed by atoms with Crippen LogP contribution >= 0.6 is 0 Å². The number of benzene rings is 5. The molecule has 5 aromatic carbocycles. The van der Waals surface area contributed by atoms with Gasteiger partial charge in [0.25, 0.3) is 30.4 Å². The zero-order valence-corrected chi connectivity index (χ0v) is 38.3. The lowest BCUT2D eigenvalue weighted by atomic mass is 10.0. The number of azo groups is 1. The molecule has 0 aliphatic heterocycles. The number of aromatic nitrogens is 3. The molecule has 25 nitrogen and oxygen atoms in total. The van der Waals surface area contributed by atoms with Gasteiger partial charge in [-0.25, -0.2) is 9.59 Å². The Hall–Kier alpha value is -7.54. The number of rotatable bonds is 16. The highest BCUT2D eigenvalue weighted by molar-refractivity contribution is 7.86. The maximum Gasteiger partial charge on any atom is 0.425 e. The summed E-state index contributed by atoms with van der Waals surface area (Å²) in [5, 5.41) is 46.0. The fourth-order valence-electron chi connectivity index (χ4n) is 6.03. The van der Waals surface area contributed by atoms with Gasteiger partial charge in [0.1, 0.15) is 16.4 Å². The van der Waals surface area contributed by atoms with Crippen molar-refractivity contribution in [2.75, 3.05) is 35.3 Å². The number of hydrogen-bond donors (Lipinski definition) is 9. The molecule has 1 heterocycles. The molecule has 0 bridgehead atoms. The van der Waals surface area contributed by atoms with E-state index < -0.39 is 63.6 Å². The molecule has 0 amide bonds. The van der Waals surface area contributed by atoms with E-state index in [1.165, 1.54) is 44.3 Å². The van der Waals surface area contributed by atoms with Crippen LogP contribution in [0.15, 0.2) is 111 Å². The van der Waals surface area contributed by atoms with Gasteiger partial charge in [-0.2, -0.15) is 50.4 Å². The number of aryl methyl sites for hydroxylation is 1. The predicted molar refractivity (Wildman–Crippen MR) is 242 cm³/mol. The molecule has 29 heteroatoms. The number of aromatic hydroxyl groups is 1. The normalized spacial score (nSPS) is 11.4. The van der Waals surface area contributed by atoms with E-state index in [9.17, 15) is 59.3 Å². The third-order valence-corrected chi connectivity index (χ3v) is 11.4. The summed E-state index contributed by atoms with van der Waals surface area (Å²) in [7, 11) is -15.1. The molecular formula is C39H38N8O17S4. The van der Waals surface area contributed by atoms with E-state index >= 15 is 0 Å². The van der Waals surface area contributed by atoms with Gasteiger partial charge in [0, 0.05) is 43.3 Å². The van der Waals surface area contributed by atoms with E-state index in [-0.39, 0.29) is 69.3 Å². The van der Waals surface area contributed by atoms with Crippen molar-refractivity contribution in [1.82, 2.24) is 15.0 Å². The lowest BCUT2D eigenvalue weighted by Crippen LogP contribution is -2.17. The zero-order chi connectivity index (χ0) is 50.6. The molecule has 0 saturated heterocycles. The highest BCUT2D eigenvalue weighted by atomic mass is 32.2. The molecule has 68 heavy (non-hydrogen) atoms. The highest BCUT2D eigenvalue weighted by Gasteiger charge is 2.23. The van der Waals surface area contributed by atoms with E-state index in [1.807, 2.05) is 30.3 Å². The van der Waals surface area contributed by atoms with Crippen LogP contribution in [0.3, 0.4) is 0 Å². The van der Waals surface area contributed by atoms with Gasteiger partial charge in [-0.15, -0.1) is 12.6 Å². The van der Waals surface area contributed by atoms with Crippen molar-refractivity contribution < 1.29 is 76.4 Å². The Morgan fingerprint density at radius 3 is 1.85 bits per heavy atom. The number of nitrogens with one attached hydrogen (secondary N) is 3. The number of carbonyl (C=O) groups is 2. The standard InChI is InChI=1S/C21H21N5O10S2.C18H17N3O4S.O3S/c1-11-6-15(2-3-16(11)38(34,35)36)23-21-25-17(24-20(26-21)22-4-5-37(31,32)33)9-12-7-13(18(27)28)10-14(8-12)19(29)30;1-19-21-17-15(26(23,24)25)10-13-8-5-9-14(16(13)18(17)22)20-11-12-6-3-2-4-7-12;1-4(2)3/h2-3,6-8,10H,4-5,9H2,1H3,(H,27,28)(H,29,30)(H,31,32,33)(H,34,35,36)(H2,22,23,24,25,26);2-10,20,22H,11H2,1H3,(H,23,24,25);. The number of anilines is 4. The van der Waals surface area contributed by atoms with Crippen molar-refractivity contribution >= 4 is 92.6 Å². The van der Waals surface area contributed by atoms with Gasteiger partial charge < -0.3 is 31.3 Å². The molecule has 0 fully saturated rings. The minimum Gasteiger partial charge on any atom is -0.505 e. The number of phenolic OH excluding ortho intramolecular Hbond substituents is 1. The average molecular weight is 1020 g/mol. The van der Waals surface area contributed by atoms with Gasteiger partial charge in [0.15, 0.2) is 5.75 Å². The first-order valence-electron chi connectivity index (χ1n) is 18.8.